The number of aryl methyl sites for hydroxylation is 1. The highest BCUT2D eigenvalue weighted by molar-refractivity contribution is 7.15. The van der Waals surface area contributed by atoms with Gasteiger partial charge in [0.05, 0.1) is 6.61 Å². The average Bonchev–Trinajstić information content (AvgIpc) is 3.29. The Labute approximate surface area is 192 Å². The molecule has 1 heterocycles. The van der Waals surface area contributed by atoms with Gasteiger partial charge in [0.1, 0.15) is 10.8 Å². The number of para-hydroxylation sites is 1. The zero-order valence-electron chi connectivity index (χ0n) is 17.7. The maximum absolute atomic E-state index is 12.8. The van der Waals surface area contributed by atoms with E-state index < -0.39 is 0 Å². The molecule has 1 amide bonds. The van der Waals surface area contributed by atoms with Crippen LogP contribution in [0.25, 0.3) is 0 Å². The molecule has 3 aromatic carbocycles. The third-order valence-electron chi connectivity index (χ3n) is 5.05. The highest BCUT2D eigenvalue weighted by Gasteiger charge is 2.19. The maximum Gasteiger partial charge on any atom is 0.227 e. The van der Waals surface area contributed by atoms with Crippen molar-refractivity contribution in [1.82, 2.24) is 10.2 Å². The van der Waals surface area contributed by atoms with Crippen molar-refractivity contribution in [3.05, 3.63) is 107 Å². The second-order valence-electron chi connectivity index (χ2n) is 7.39. The largest absolute Gasteiger partial charge is 0.494 e. The van der Waals surface area contributed by atoms with Crippen LogP contribution in [0.2, 0.25) is 0 Å². The number of nitrogens with zero attached hydrogens (tertiary/aromatic N) is 2. The summed E-state index contributed by atoms with van der Waals surface area (Å²) < 4.78 is 5.71. The molecule has 4 rings (SSSR count). The first kappa shape index (κ1) is 21.7. The minimum Gasteiger partial charge on any atom is -0.494 e. The van der Waals surface area contributed by atoms with Crippen LogP contribution in [0.1, 0.15) is 34.9 Å². The predicted molar refractivity (Wildman–Crippen MR) is 128 cm³/mol. The predicted octanol–water partition coefficient (Wildman–Crippen LogP) is 5.71. The van der Waals surface area contributed by atoms with Crippen molar-refractivity contribution in [2.45, 2.75) is 25.2 Å². The van der Waals surface area contributed by atoms with Gasteiger partial charge < -0.3 is 10.1 Å². The van der Waals surface area contributed by atoms with E-state index in [4.69, 9.17) is 4.74 Å². The van der Waals surface area contributed by atoms with Gasteiger partial charge in [-0.2, -0.15) is 0 Å². The van der Waals surface area contributed by atoms with Gasteiger partial charge >= 0.3 is 0 Å². The van der Waals surface area contributed by atoms with Crippen molar-refractivity contribution >= 4 is 22.4 Å². The second-order valence-corrected chi connectivity index (χ2v) is 8.45. The molecule has 0 aliphatic rings. The van der Waals surface area contributed by atoms with E-state index in [1.807, 2.05) is 66.7 Å². The highest BCUT2D eigenvalue weighted by atomic mass is 32.1. The normalized spacial score (nSPS) is 10.8. The second kappa shape index (κ2) is 11.2. The van der Waals surface area contributed by atoms with Crippen LogP contribution in [0.5, 0.6) is 5.75 Å². The van der Waals surface area contributed by atoms with E-state index in [2.05, 4.69) is 39.8 Å². The van der Waals surface area contributed by atoms with Crippen LogP contribution in [0.15, 0.2) is 91.0 Å². The van der Waals surface area contributed by atoms with Crippen LogP contribution in [0.4, 0.5) is 5.13 Å². The van der Waals surface area contributed by atoms with Crippen molar-refractivity contribution in [2.24, 2.45) is 0 Å². The summed E-state index contributed by atoms with van der Waals surface area (Å²) in [6.45, 7) is 0.612. The Balaban J connectivity index is 1.31. The Morgan fingerprint density at radius 1 is 0.844 bits per heavy atom. The molecule has 0 aliphatic heterocycles. The van der Waals surface area contributed by atoms with Gasteiger partial charge in [-0.1, -0.05) is 90.2 Å². The van der Waals surface area contributed by atoms with Crippen molar-refractivity contribution in [3.8, 4) is 5.75 Å². The molecule has 0 saturated heterocycles. The van der Waals surface area contributed by atoms with Gasteiger partial charge in [0.15, 0.2) is 0 Å². The Hall–Kier alpha value is -3.51. The Kier molecular flexibility index (Phi) is 7.60. The minimum absolute atomic E-state index is 0.0140. The van der Waals surface area contributed by atoms with Gasteiger partial charge in [-0.15, -0.1) is 10.2 Å². The standard InChI is InChI=1S/C26H25N3O2S/c30-24(19-23(20-11-4-1-5-12-20)21-13-6-2-7-14-21)27-26-29-28-25(32-26)17-10-18-31-22-15-8-3-9-16-22/h1-9,11-16,23H,10,17-19H2,(H,27,29,30). The van der Waals surface area contributed by atoms with Gasteiger partial charge in [0.25, 0.3) is 0 Å². The SMILES string of the molecule is O=C(CC(c1ccccc1)c1ccccc1)Nc1nnc(CCCOc2ccccc2)s1. The van der Waals surface area contributed by atoms with Crippen LogP contribution >= 0.6 is 11.3 Å². The summed E-state index contributed by atoms with van der Waals surface area (Å²) in [4.78, 5) is 12.8. The van der Waals surface area contributed by atoms with Crippen LogP contribution in [-0.4, -0.2) is 22.7 Å². The fraction of sp³-hybridized carbons (Fsp3) is 0.192. The average molecular weight is 444 g/mol. The Morgan fingerprint density at radius 2 is 1.44 bits per heavy atom. The number of carbonyl (C=O) groups is 1. The van der Waals surface area contributed by atoms with E-state index in [1.165, 1.54) is 11.3 Å². The van der Waals surface area contributed by atoms with Gasteiger partial charge in [-0.25, -0.2) is 0 Å². The molecule has 0 radical (unpaired) electrons. The molecule has 4 aromatic rings. The molecule has 0 unspecified atom stereocenters. The number of anilines is 1. The zero-order chi connectivity index (χ0) is 22.0. The van der Waals surface area contributed by atoms with Crippen LogP contribution in [0, 0.1) is 0 Å². The molecule has 0 bridgehead atoms. The van der Waals surface area contributed by atoms with Crippen LogP contribution < -0.4 is 10.1 Å². The Morgan fingerprint density at radius 3 is 2.06 bits per heavy atom. The summed E-state index contributed by atoms with van der Waals surface area (Å²) in [5.41, 5.74) is 2.23. The first-order chi connectivity index (χ1) is 15.8. The maximum atomic E-state index is 12.8. The third-order valence-corrected chi connectivity index (χ3v) is 5.95. The zero-order valence-corrected chi connectivity index (χ0v) is 18.5. The molecule has 6 heteroatoms. The number of nitrogens with one attached hydrogen (secondary N) is 1. The number of ether oxygens (including phenoxy) is 1. The number of benzene rings is 3. The molecule has 1 N–H and O–H groups in total. The number of amides is 1. The summed E-state index contributed by atoms with van der Waals surface area (Å²) in [6.07, 6.45) is 1.94. The summed E-state index contributed by atoms with van der Waals surface area (Å²) in [7, 11) is 0. The van der Waals surface area contributed by atoms with E-state index in [0.29, 0.717) is 18.2 Å². The lowest BCUT2D eigenvalue weighted by Gasteiger charge is -2.17. The lowest BCUT2D eigenvalue weighted by Crippen LogP contribution is -2.16. The summed E-state index contributed by atoms with van der Waals surface area (Å²) in [5.74, 6) is 0.779. The molecule has 162 valence electrons. The van der Waals surface area contributed by atoms with Crippen molar-refractivity contribution in [2.75, 3.05) is 11.9 Å². The monoisotopic (exact) mass is 443 g/mol. The van der Waals surface area contributed by atoms with Crippen LogP contribution in [0.3, 0.4) is 0 Å². The third kappa shape index (κ3) is 6.25. The Bertz CT molecular complexity index is 1060. The van der Waals surface area contributed by atoms with E-state index in [9.17, 15) is 4.79 Å². The minimum atomic E-state index is -0.0715. The first-order valence-electron chi connectivity index (χ1n) is 10.7. The smallest absolute Gasteiger partial charge is 0.227 e. The molecule has 32 heavy (non-hydrogen) atoms. The number of aromatic nitrogens is 2. The fourth-order valence-corrected chi connectivity index (χ4v) is 4.29. The molecule has 0 fully saturated rings. The number of carbonyl (C=O) groups excluding carboxylic acids is 1. The van der Waals surface area contributed by atoms with Gasteiger partial charge in [0, 0.05) is 18.8 Å². The van der Waals surface area contributed by atoms with Gasteiger partial charge in [-0.3, -0.25) is 4.79 Å². The van der Waals surface area contributed by atoms with Crippen molar-refractivity contribution in [3.63, 3.8) is 0 Å². The number of hydrogen-bond donors (Lipinski definition) is 1. The van der Waals surface area contributed by atoms with Gasteiger partial charge in [-0.05, 0) is 29.7 Å². The van der Waals surface area contributed by atoms with Crippen molar-refractivity contribution in [1.29, 1.82) is 0 Å². The molecule has 1 aromatic heterocycles. The lowest BCUT2D eigenvalue weighted by molar-refractivity contribution is -0.116. The molecule has 0 atom stereocenters. The molecule has 0 aliphatic carbocycles. The highest BCUT2D eigenvalue weighted by Crippen LogP contribution is 2.28. The number of hydrogen-bond acceptors (Lipinski definition) is 5. The number of rotatable bonds is 10. The topological polar surface area (TPSA) is 64.1 Å². The van der Waals surface area contributed by atoms with Gasteiger partial charge in [0.2, 0.25) is 11.0 Å². The summed E-state index contributed by atoms with van der Waals surface area (Å²) in [6, 6.07) is 30.0. The molecular weight excluding hydrogens is 418 g/mol. The first-order valence-corrected chi connectivity index (χ1v) is 11.5. The molecule has 0 saturated carbocycles. The molecule has 5 nitrogen and oxygen atoms in total. The summed E-state index contributed by atoms with van der Waals surface area (Å²) in [5, 5.41) is 12.7. The van der Waals surface area contributed by atoms with E-state index in [1.54, 1.807) is 0 Å². The molecular formula is C26H25N3O2S. The van der Waals surface area contributed by atoms with E-state index in [0.717, 1.165) is 34.7 Å². The summed E-state index contributed by atoms with van der Waals surface area (Å²) >= 11 is 1.42. The van der Waals surface area contributed by atoms with Crippen LogP contribution in [-0.2, 0) is 11.2 Å². The van der Waals surface area contributed by atoms with Crippen molar-refractivity contribution < 1.29 is 9.53 Å². The fourth-order valence-electron chi connectivity index (χ4n) is 3.49. The van der Waals surface area contributed by atoms with E-state index >= 15 is 0 Å². The lowest BCUT2D eigenvalue weighted by atomic mass is 9.88. The molecule has 0 spiro atoms. The van der Waals surface area contributed by atoms with E-state index in [-0.39, 0.29) is 11.8 Å². The quantitative estimate of drug-likeness (QED) is 0.319.